The van der Waals surface area contributed by atoms with Gasteiger partial charge in [0.25, 0.3) is 0 Å². The molecule has 1 aliphatic rings. The number of nitrogens with two attached hydrogens (primary N) is 1. The predicted molar refractivity (Wildman–Crippen MR) is 84.6 cm³/mol. The molecule has 0 aromatic heterocycles. The molecule has 118 valence electrons. The molecule has 1 atom stereocenters. The van der Waals surface area contributed by atoms with Gasteiger partial charge in [-0.15, -0.1) is 0 Å². The van der Waals surface area contributed by atoms with E-state index in [4.69, 9.17) is 5.73 Å². The van der Waals surface area contributed by atoms with Gasteiger partial charge in [0.15, 0.2) is 0 Å². The van der Waals surface area contributed by atoms with Gasteiger partial charge in [-0.3, -0.25) is 9.69 Å². The lowest BCUT2D eigenvalue weighted by atomic mass is 10.0. The van der Waals surface area contributed by atoms with E-state index in [0.29, 0.717) is 19.0 Å². The van der Waals surface area contributed by atoms with Crippen molar-refractivity contribution in [2.45, 2.75) is 70.9 Å². The van der Waals surface area contributed by atoms with Crippen LogP contribution < -0.4 is 5.73 Å². The minimum absolute atomic E-state index is 0.186. The van der Waals surface area contributed by atoms with Crippen molar-refractivity contribution in [1.29, 1.82) is 0 Å². The zero-order valence-electron chi connectivity index (χ0n) is 13.6. The summed E-state index contributed by atoms with van der Waals surface area (Å²) in [4.78, 5) is 16.6. The summed E-state index contributed by atoms with van der Waals surface area (Å²) < 4.78 is 0. The molecule has 0 aromatic rings. The Bertz CT molecular complexity index is 271. The van der Waals surface area contributed by atoms with E-state index in [9.17, 15) is 4.79 Å². The minimum atomic E-state index is 0.186. The first-order valence-electron chi connectivity index (χ1n) is 8.33. The molecule has 1 aliphatic carbocycles. The average Bonchev–Trinajstić information content (AvgIpc) is 2.74. The molecule has 2 N–H and O–H groups in total. The molecule has 1 rings (SSSR count). The Labute approximate surface area is 124 Å². The van der Waals surface area contributed by atoms with Gasteiger partial charge >= 0.3 is 0 Å². The summed E-state index contributed by atoms with van der Waals surface area (Å²) in [5.41, 5.74) is 5.94. The molecule has 0 radical (unpaired) electrons. The molecule has 0 spiro atoms. The van der Waals surface area contributed by atoms with E-state index in [-0.39, 0.29) is 11.9 Å². The second-order valence-electron chi connectivity index (χ2n) is 5.97. The highest BCUT2D eigenvalue weighted by molar-refractivity contribution is 5.76. The van der Waals surface area contributed by atoms with Crippen LogP contribution in [0, 0.1) is 0 Å². The average molecular weight is 283 g/mol. The summed E-state index contributed by atoms with van der Waals surface area (Å²) in [5, 5.41) is 0. The lowest BCUT2D eigenvalue weighted by Crippen LogP contribution is -2.47. The summed E-state index contributed by atoms with van der Waals surface area (Å²) in [6.45, 7) is 6.22. The molecule has 1 saturated carbocycles. The molecule has 0 heterocycles. The van der Waals surface area contributed by atoms with E-state index < -0.39 is 0 Å². The number of rotatable bonds is 7. The zero-order chi connectivity index (χ0) is 15.0. The van der Waals surface area contributed by atoms with Gasteiger partial charge in [0.05, 0.1) is 0 Å². The molecule has 0 saturated heterocycles. The van der Waals surface area contributed by atoms with Crippen LogP contribution >= 0.6 is 0 Å². The van der Waals surface area contributed by atoms with Crippen molar-refractivity contribution in [2.75, 3.05) is 26.7 Å². The third-order valence-corrected chi connectivity index (χ3v) is 4.78. The van der Waals surface area contributed by atoms with Crippen LogP contribution in [-0.4, -0.2) is 54.5 Å². The van der Waals surface area contributed by atoms with Crippen LogP contribution in [0.5, 0.6) is 0 Å². The quantitative estimate of drug-likeness (QED) is 0.729. The molecule has 0 bridgehead atoms. The van der Waals surface area contributed by atoms with Gasteiger partial charge in [-0.1, -0.05) is 25.7 Å². The van der Waals surface area contributed by atoms with Crippen LogP contribution in [0.4, 0.5) is 0 Å². The SMILES string of the molecule is CCN(CC)C(=O)CC(CN)N(C)C1CCCCCC1. The summed E-state index contributed by atoms with van der Waals surface area (Å²) in [5.74, 6) is 0.242. The van der Waals surface area contributed by atoms with Crippen LogP contribution in [0.3, 0.4) is 0 Å². The maximum atomic E-state index is 12.3. The summed E-state index contributed by atoms with van der Waals surface area (Å²) in [6.07, 6.45) is 8.42. The fourth-order valence-corrected chi connectivity index (χ4v) is 3.26. The first-order valence-corrected chi connectivity index (χ1v) is 8.33. The van der Waals surface area contributed by atoms with Crippen molar-refractivity contribution in [2.24, 2.45) is 5.73 Å². The van der Waals surface area contributed by atoms with Gasteiger partial charge in [0.1, 0.15) is 0 Å². The smallest absolute Gasteiger partial charge is 0.224 e. The molecule has 1 unspecified atom stereocenters. The van der Waals surface area contributed by atoms with E-state index in [1.54, 1.807) is 0 Å². The summed E-state index contributed by atoms with van der Waals surface area (Å²) in [7, 11) is 2.16. The first kappa shape index (κ1) is 17.4. The third-order valence-electron chi connectivity index (χ3n) is 4.78. The number of likely N-dealkylation sites (N-methyl/N-ethyl adjacent to an activating group) is 1. The molecular formula is C16H33N3O. The van der Waals surface area contributed by atoms with E-state index >= 15 is 0 Å². The van der Waals surface area contributed by atoms with E-state index in [2.05, 4.69) is 11.9 Å². The number of hydrogen-bond donors (Lipinski definition) is 1. The third kappa shape index (κ3) is 5.06. The number of carbonyl (C=O) groups excluding carboxylic acids is 1. The predicted octanol–water partition coefficient (Wildman–Crippen LogP) is 2.23. The van der Waals surface area contributed by atoms with Gasteiger partial charge < -0.3 is 10.6 Å². The maximum Gasteiger partial charge on any atom is 0.224 e. The number of hydrogen-bond acceptors (Lipinski definition) is 3. The number of amides is 1. The van der Waals surface area contributed by atoms with E-state index in [0.717, 1.165) is 13.1 Å². The molecule has 1 fully saturated rings. The second-order valence-corrected chi connectivity index (χ2v) is 5.97. The molecule has 0 aliphatic heterocycles. The maximum absolute atomic E-state index is 12.3. The lowest BCUT2D eigenvalue weighted by molar-refractivity contribution is -0.132. The first-order chi connectivity index (χ1) is 9.63. The Hall–Kier alpha value is -0.610. The Morgan fingerprint density at radius 2 is 1.70 bits per heavy atom. The van der Waals surface area contributed by atoms with Crippen LogP contribution in [0.25, 0.3) is 0 Å². The van der Waals surface area contributed by atoms with Crippen LogP contribution in [0.2, 0.25) is 0 Å². The van der Waals surface area contributed by atoms with Crippen molar-refractivity contribution in [3.8, 4) is 0 Å². The topological polar surface area (TPSA) is 49.6 Å². The van der Waals surface area contributed by atoms with Crippen molar-refractivity contribution in [3.05, 3.63) is 0 Å². The highest BCUT2D eigenvalue weighted by Crippen LogP contribution is 2.23. The molecule has 20 heavy (non-hydrogen) atoms. The van der Waals surface area contributed by atoms with Gasteiger partial charge in [0, 0.05) is 38.1 Å². The Morgan fingerprint density at radius 1 is 1.15 bits per heavy atom. The van der Waals surface area contributed by atoms with E-state index in [1.807, 2.05) is 18.7 Å². The summed E-state index contributed by atoms with van der Waals surface area (Å²) >= 11 is 0. The molecular weight excluding hydrogens is 250 g/mol. The van der Waals surface area contributed by atoms with Crippen molar-refractivity contribution >= 4 is 5.91 Å². The van der Waals surface area contributed by atoms with Gasteiger partial charge in [-0.2, -0.15) is 0 Å². The van der Waals surface area contributed by atoms with Gasteiger partial charge in [0.2, 0.25) is 5.91 Å². The van der Waals surface area contributed by atoms with Crippen molar-refractivity contribution in [3.63, 3.8) is 0 Å². The summed E-state index contributed by atoms with van der Waals surface area (Å²) in [6, 6.07) is 0.793. The fourth-order valence-electron chi connectivity index (χ4n) is 3.26. The largest absolute Gasteiger partial charge is 0.343 e. The number of nitrogens with zero attached hydrogens (tertiary/aromatic N) is 2. The Balaban J connectivity index is 2.57. The number of carbonyl (C=O) groups is 1. The lowest BCUT2D eigenvalue weighted by Gasteiger charge is -2.35. The van der Waals surface area contributed by atoms with Crippen molar-refractivity contribution < 1.29 is 4.79 Å². The van der Waals surface area contributed by atoms with Gasteiger partial charge in [-0.25, -0.2) is 0 Å². The molecule has 4 nitrogen and oxygen atoms in total. The highest BCUT2D eigenvalue weighted by Gasteiger charge is 2.25. The van der Waals surface area contributed by atoms with Crippen molar-refractivity contribution in [1.82, 2.24) is 9.80 Å². The van der Waals surface area contributed by atoms with E-state index in [1.165, 1.54) is 38.5 Å². The second kappa shape index (κ2) is 9.35. The zero-order valence-corrected chi connectivity index (χ0v) is 13.6. The molecule has 4 heteroatoms. The molecule has 0 aromatic carbocycles. The standard InChI is InChI=1S/C16H33N3O/c1-4-19(5-2)16(20)12-15(13-17)18(3)14-10-8-6-7-9-11-14/h14-15H,4-13,17H2,1-3H3. The van der Waals surface area contributed by atoms with Crippen LogP contribution in [0.15, 0.2) is 0 Å². The monoisotopic (exact) mass is 283 g/mol. The van der Waals surface area contributed by atoms with Crippen LogP contribution in [-0.2, 0) is 4.79 Å². The highest BCUT2D eigenvalue weighted by atomic mass is 16.2. The molecule has 1 amide bonds. The normalized spacial score (nSPS) is 18.9. The fraction of sp³-hybridized carbons (Fsp3) is 0.938. The van der Waals surface area contributed by atoms with Gasteiger partial charge in [-0.05, 0) is 33.7 Å². The minimum Gasteiger partial charge on any atom is -0.343 e. The van der Waals surface area contributed by atoms with Crippen LogP contribution in [0.1, 0.15) is 58.8 Å². The Kier molecular flexibility index (Phi) is 8.15. The Morgan fingerprint density at radius 3 is 2.15 bits per heavy atom.